The standard InChI is InChI=1S/C14H13NO6/c1-3-21-14(19)11(13(17)18)10-8-6-7(20-2)4-5-9(8)15-12(10)16/h4-6H,3H2,1-2H3,(H,15,16)(H,17,18). The van der Waals surface area contributed by atoms with Crippen molar-refractivity contribution in [2.75, 3.05) is 19.0 Å². The van der Waals surface area contributed by atoms with Gasteiger partial charge in [-0.1, -0.05) is 0 Å². The van der Waals surface area contributed by atoms with E-state index in [0.29, 0.717) is 17.0 Å². The van der Waals surface area contributed by atoms with E-state index in [2.05, 4.69) is 5.32 Å². The van der Waals surface area contributed by atoms with E-state index >= 15 is 0 Å². The van der Waals surface area contributed by atoms with Crippen molar-refractivity contribution in [3.8, 4) is 5.75 Å². The van der Waals surface area contributed by atoms with Gasteiger partial charge in [0.1, 0.15) is 5.75 Å². The fourth-order valence-corrected chi connectivity index (χ4v) is 2.02. The van der Waals surface area contributed by atoms with E-state index in [1.54, 1.807) is 19.1 Å². The number of hydrogen-bond acceptors (Lipinski definition) is 5. The summed E-state index contributed by atoms with van der Waals surface area (Å²) in [4.78, 5) is 35.2. The van der Waals surface area contributed by atoms with Crippen molar-refractivity contribution in [3.05, 3.63) is 29.3 Å². The quantitative estimate of drug-likeness (QED) is 0.372. The third-order valence-electron chi connectivity index (χ3n) is 2.91. The molecule has 1 aromatic carbocycles. The van der Waals surface area contributed by atoms with E-state index in [9.17, 15) is 19.5 Å². The van der Waals surface area contributed by atoms with Gasteiger partial charge in [0.15, 0.2) is 5.57 Å². The molecule has 110 valence electrons. The number of anilines is 1. The minimum atomic E-state index is -1.52. The van der Waals surface area contributed by atoms with E-state index in [1.165, 1.54) is 13.2 Å². The average Bonchev–Trinajstić information content (AvgIpc) is 2.75. The smallest absolute Gasteiger partial charge is 0.346 e. The molecule has 0 atom stereocenters. The van der Waals surface area contributed by atoms with Crippen molar-refractivity contribution in [2.24, 2.45) is 0 Å². The Bertz CT molecular complexity index is 661. The number of amides is 1. The van der Waals surface area contributed by atoms with Gasteiger partial charge in [0.25, 0.3) is 5.91 Å². The molecule has 2 rings (SSSR count). The van der Waals surface area contributed by atoms with Gasteiger partial charge in [-0.05, 0) is 25.1 Å². The number of carbonyl (C=O) groups is 3. The first-order valence-electron chi connectivity index (χ1n) is 6.14. The Morgan fingerprint density at radius 3 is 2.62 bits per heavy atom. The van der Waals surface area contributed by atoms with Crippen LogP contribution in [0.2, 0.25) is 0 Å². The average molecular weight is 291 g/mol. The van der Waals surface area contributed by atoms with E-state index in [4.69, 9.17) is 9.47 Å². The largest absolute Gasteiger partial charge is 0.497 e. The summed E-state index contributed by atoms with van der Waals surface area (Å²) in [7, 11) is 1.44. The highest BCUT2D eigenvalue weighted by molar-refractivity contribution is 6.40. The van der Waals surface area contributed by atoms with Crippen LogP contribution < -0.4 is 10.1 Å². The minimum Gasteiger partial charge on any atom is -0.497 e. The minimum absolute atomic E-state index is 0.00941. The molecule has 7 nitrogen and oxygen atoms in total. The molecular weight excluding hydrogens is 278 g/mol. The molecule has 1 aromatic rings. The summed E-state index contributed by atoms with van der Waals surface area (Å²) in [6.07, 6.45) is 0. The number of nitrogens with one attached hydrogen (secondary N) is 1. The zero-order valence-electron chi connectivity index (χ0n) is 11.4. The molecule has 0 spiro atoms. The fraction of sp³-hybridized carbons (Fsp3) is 0.214. The van der Waals surface area contributed by atoms with Crippen LogP contribution in [0.4, 0.5) is 5.69 Å². The van der Waals surface area contributed by atoms with E-state index in [1.807, 2.05) is 0 Å². The number of benzene rings is 1. The lowest BCUT2D eigenvalue weighted by Gasteiger charge is -2.07. The van der Waals surface area contributed by atoms with Crippen LogP contribution in [-0.2, 0) is 19.1 Å². The Hall–Kier alpha value is -2.83. The highest BCUT2D eigenvalue weighted by Crippen LogP contribution is 2.36. The monoisotopic (exact) mass is 291 g/mol. The maximum atomic E-state index is 12.0. The summed E-state index contributed by atoms with van der Waals surface area (Å²) in [5, 5.41) is 11.7. The third-order valence-corrected chi connectivity index (χ3v) is 2.91. The van der Waals surface area contributed by atoms with Crippen LogP contribution in [0, 0.1) is 0 Å². The summed E-state index contributed by atoms with van der Waals surface area (Å²) in [6, 6.07) is 4.68. The number of aliphatic carboxylic acids is 1. The maximum absolute atomic E-state index is 12.0. The number of esters is 1. The van der Waals surface area contributed by atoms with E-state index < -0.39 is 23.4 Å². The van der Waals surface area contributed by atoms with Crippen LogP contribution >= 0.6 is 0 Å². The van der Waals surface area contributed by atoms with Gasteiger partial charge in [-0.2, -0.15) is 0 Å². The first kappa shape index (κ1) is 14.6. The molecule has 0 aliphatic carbocycles. The zero-order valence-corrected chi connectivity index (χ0v) is 11.4. The molecule has 0 bridgehead atoms. The maximum Gasteiger partial charge on any atom is 0.346 e. The molecule has 0 radical (unpaired) electrons. The fourth-order valence-electron chi connectivity index (χ4n) is 2.02. The van der Waals surface area contributed by atoms with Gasteiger partial charge in [0.05, 0.1) is 19.3 Å². The number of rotatable bonds is 4. The lowest BCUT2D eigenvalue weighted by atomic mass is 10.0. The number of ether oxygens (including phenoxy) is 2. The van der Waals surface area contributed by atoms with Gasteiger partial charge < -0.3 is 19.9 Å². The molecule has 2 N–H and O–H groups in total. The molecule has 1 aliphatic rings. The highest BCUT2D eigenvalue weighted by atomic mass is 16.5. The normalized spacial score (nSPS) is 15.0. The summed E-state index contributed by atoms with van der Waals surface area (Å²) in [5.74, 6) is -2.79. The molecule has 1 amide bonds. The van der Waals surface area contributed by atoms with Gasteiger partial charge in [0, 0.05) is 11.3 Å². The molecule has 0 unspecified atom stereocenters. The molecule has 0 aromatic heterocycles. The van der Waals surface area contributed by atoms with Gasteiger partial charge in [-0.25, -0.2) is 9.59 Å². The van der Waals surface area contributed by atoms with Crippen molar-refractivity contribution < 1.29 is 29.0 Å². The Kier molecular flexibility index (Phi) is 3.93. The summed E-state index contributed by atoms with van der Waals surface area (Å²) < 4.78 is 9.75. The predicted molar refractivity (Wildman–Crippen MR) is 72.8 cm³/mol. The SMILES string of the molecule is CCOC(=O)C(C(=O)O)=C1C(=O)Nc2ccc(OC)cc21. The third kappa shape index (κ3) is 2.58. The molecule has 1 heterocycles. The van der Waals surface area contributed by atoms with E-state index in [-0.39, 0.29) is 12.2 Å². The van der Waals surface area contributed by atoms with Gasteiger partial charge in [0.2, 0.25) is 0 Å². The molecule has 0 fully saturated rings. The second-order valence-corrected chi connectivity index (χ2v) is 4.14. The van der Waals surface area contributed by atoms with Gasteiger partial charge in [-0.3, -0.25) is 4.79 Å². The Labute approximate surface area is 120 Å². The highest BCUT2D eigenvalue weighted by Gasteiger charge is 2.34. The Morgan fingerprint density at radius 1 is 1.33 bits per heavy atom. The first-order chi connectivity index (χ1) is 9.99. The number of fused-ring (bicyclic) bond motifs is 1. The Morgan fingerprint density at radius 2 is 2.05 bits per heavy atom. The second-order valence-electron chi connectivity index (χ2n) is 4.14. The van der Waals surface area contributed by atoms with Crippen LogP contribution in [0.25, 0.3) is 5.57 Å². The number of hydrogen-bond donors (Lipinski definition) is 2. The first-order valence-corrected chi connectivity index (χ1v) is 6.14. The number of carboxylic acids is 1. The zero-order chi connectivity index (χ0) is 15.6. The number of carboxylic acid groups (broad SMARTS) is 1. The number of methoxy groups -OCH3 is 1. The van der Waals surface area contributed by atoms with E-state index in [0.717, 1.165) is 0 Å². The van der Waals surface area contributed by atoms with Gasteiger partial charge >= 0.3 is 11.9 Å². The number of carbonyl (C=O) groups excluding carboxylic acids is 2. The van der Waals surface area contributed by atoms with Crippen molar-refractivity contribution in [3.63, 3.8) is 0 Å². The second kappa shape index (κ2) is 5.66. The summed E-state index contributed by atoms with van der Waals surface area (Å²) in [6.45, 7) is 1.56. The van der Waals surface area contributed by atoms with Crippen LogP contribution in [0.15, 0.2) is 23.8 Å². The summed E-state index contributed by atoms with van der Waals surface area (Å²) >= 11 is 0. The van der Waals surface area contributed by atoms with Gasteiger partial charge in [-0.15, -0.1) is 0 Å². The lowest BCUT2D eigenvalue weighted by Crippen LogP contribution is -2.20. The topological polar surface area (TPSA) is 102 Å². The van der Waals surface area contributed by atoms with Crippen molar-refractivity contribution >= 4 is 29.1 Å². The molecular formula is C14H13NO6. The van der Waals surface area contributed by atoms with Crippen molar-refractivity contribution in [2.45, 2.75) is 6.92 Å². The van der Waals surface area contributed by atoms with Crippen molar-refractivity contribution in [1.82, 2.24) is 0 Å². The van der Waals surface area contributed by atoms with Crippen LogP contribution in [-0.4, -0.2) is 36.7 Å². The molecule has 21 heavy (non-hydrogen) atoms. The summed E-state index contributed by atoms with van der Waals surface area (Å²) in [5.41, 5.74) is -0.208. The molecule has 0 saturated carbocycles. The van der Waals surface area contributed by atoms with Crippen molar-refractivity contribution in [1.29, 1.82) is 0 Å². The molecule has 1 aliphatic heterocycles. The molecule has 7 heteroatoms. The van der Waals surface area contributed by atoms with Crippen LogP contribution in [0.1, 0.15) is 12.5 Å². The Balaban J connectivity index is 2.66. The lowest BCUT2D eigenvalue weighted by molar-refractivity contribution is -0.144. The predicted octanol–water partition coefficient (Wildman–Crippen LogP) is 1.05. The molecule has 0 saturated heterocycles. The van der Waals surface area contributed by atoms with Crippen LogP contribution in [0.5, 0.6) is 5.75 Å². The van der Waals surface area contributed by atoms with Crippen LogP contribution in [0.3, 0.4) is 0 Å².